The molecule has 0 bridgehead atoms. The molecule has 1 rings (SSSR count). The van der Waals surface area contributed by atoms with Crippen molar-refractivity contribution in [2.45, 2.75) is 0 Å². The molecule has 94 valence electrons. The highest BCUT2D eigenvalue weighted by Gasteiger charge is 2.15. The molecular formula is C10H7I2N3O2S. The molecule has 0 aliphatic carbocycles. The van der Waals surface area contributed by atoms with Crippen molar-refractivity contribution in [3.05, 3.63) is 24.8 Å². The fourth-order valence-electron chi connectivity index (χ4n) is 1.12. The SMILES string of the molecule is CSC(=Nc1c(I)cc(I)cc1C(=O)O)NC#N. The molecule has 0 aromatic heterocycles. The van der Waals surface area contributed by atoms with Crippen LogP contribution in [0.4, 0.5) is 5.69 Å². The maximum Gasteiger partial charge on any atom is 0.337 e. The smallest absolute Gasteiger partial charge is 0.337 e. The second kappa shape index (κ2) is 7.15. The number of halogens is 2. The summed E-state index contributed by atoms with van der Waals surface area (Å²) in [5.41, 5.74) is 0.480. The number of hydrogen-bond acceptors (Lipinski definition) is 4. The van der Waals surface area contributed by atoms with E-state index in [1.54, 1.807) is 18.5 Å². The molecule has 1 aromatic carbocycles. The van der Waals surface area contributed by atoms with Crippen molar-refractivity contribution < 1.29 is 9.90 Å². The van der Waals surface area contributed by atoms with Crippen LogP contribution in [0, 0.1) is 18.6 Å². The molecule has 5 nitrogen and oxygen atoms in total. The Morgan fingerprint density at radius 3 is 2.72 bits per heavy atom. The molecule has 8 heteroatoms. The van der Waals surface area contributed by atoms with E-state index >= 15 is 0 Å². The zero-order valence-corrected chi connectivity index (χ0v) is 14.2. The molecule has 0 radical (unpaired) electrons. The monoisotopic (exact) mass is 487 g/mol. The Morgan fingerprint density at radius 2 is 2.22 bits per heavy atom. The number of rotatable bonds is 2. The molecule has 18 heavy (non-hydrogen) atoms. The van der Waals surface area contributed by atoms with Crippen molar-refractivity contribution in [3.8, 4) is 6.19 Å². The van der Waals surface area contributed by atoms with Crippen LogP contribution in [0.1, 0.15) is 10.4 Å². The van der Waals surface area contributed by atoms with Gasteiger partial charge in [-0.1, -0.05) is 11.8 Å². The normalized spacial score (nSPS) is 10.9. The van der Waals surface area contributed by atoms with E-state index in [4.69, 9.17) is 10.4 Å². The fraction of sp³-hybridized carbons (Fsp3) is 0.100. The first-order chi connectivity index (χ1) is 8.49. The standard InChI is InChI=1S/C10H7I2N3O2S/c1-18-10(14-4-13)15-8-6(9(16)17)2-5(11)3-7(8)12/h2-3H,1H3,(H,14,15)(H,16,17). The van der Waals surface area contributed by atoms with Crippen LogP contribution in [0.5, 0.6) is 0 Å². The average molecular weight is 487 g/mol. The molecule has 0 unspecified atom stereocenters. The van der Waals surface area contributed by atoms with Gasteiger partial charge in [0.25, 0.3) is 0 Å². The van der Waals surface area contributed by atoms with E-state index in [0.717, 1.165) is 7.14 Å². The number of aromatic carboxylic acids is 1. The number of nitrogens with one attached hydrogen (secondary N) is 1. The van der Waals surface area contributed by atoms with Gasteiger partial charge in [0, 0.05) is 7.14 Å². The Hall–Kier alpha value is -0.540. The van der Waals surface area contributed by atoms with Gasteiger partial charge in [-0.05, 0) is 63.6 Å². The molecule has 0 spiro atoms. The molecule has 0 fully saturated rings. The topological polar surface area (TPSA) is 85.5 Å². The first kappa shape index (κ1) is 15.5. The number of carbonyl (C=O) groups is 1. The van der Waals surface area contributed by atoms with Gasteiger partial charge in [-0.3, -0.25) is 5.32 Å². The van der Waals surface area contributed by atoms with Crippen molar-refractivity contribution in [1.82, 2.24) is 5.32 Å². The van der Waals surface area contributed by atoms with Crippen LogP contribution in [-0.4, -0.2) is 22.5 Å². The minimum absolute atomic E-state index is 0.123. The van der Waals surface area contributed by atoms with Crippen molar-refractivity contribution in [2.24, 2.45) is 4.99 Å². The van der Waals surface area contributed by atoms with Gasteiger partial charge in [-0.2, -0.15) is 5.26 Å². The van der Waals surface area contributed by atoms with Gasteiger partial charge in [0.15, 0.2) is 11.4 Å². The van der Waals surface area contributed by atoms with Crippen LogP contribution < -0.4 is 5.32 Å². The highest BCUT2D eigenvalue weighted by Crippen LogP contribution is 2.29. The highest BCUT2D eigenvalue weighted by atomic mass is 127. The Bertz CT molecular complexity index is 555. The lowest BCUT2D eigenvalue weighted by molar-refractivity contribution is 0.0697. The molecule has 0 aliphatic rings. The van der Waals surface area contributed by atoms with Crippen molar-refractivity contribution in [1.29, 1.82) is 5.26 Å². The number of benzene rings is 1. The van der Waals surface area contributed by atoms with Crippen LogP contribution in [0.3, 0.4) is 0 Å². The van der Waals surface area contributed by atoms with E-state index in [-0.39, 0.29) is 5.56 Å². The molecule has 0 amide bonds. The Morgan fingerprint density at radius 1 is 1.56 bits per heavy atom. The quantitative estimate of drug-likeness (QED) is 0.221. The Kier molecular flexibility index (Phi) is 6.16. The summed E-state index contributed by atoms with van der Waals surface area (Å²) in [4.78, 5) is 15.4. The van der Waals surface area contributed by atoms with Gasteiger partial charge in [-0.25, -0.2) is 9.79 Å². The third-order valence-corrected chi connectivity index (χ3v) is 3.85. The van der Waals surface area contributed by atoms with Gasteiger partial charge in [0.05, 0.1) is 11.3 Å². The second-order valence-electron chi connectivity index (χ2n) is 2.95. The number of aliphatic imine (C=N–C) groups is 1. The average Bonchev–Trinajstić information content (AvgIpc) is 2.30. The number of nitriles is 1. The number of carboxylic acid groups (broad SMARTS) is 1. The maximum absolute atomic E-state index is 11.2. The highest BCUT2D eigenvalue weighted by molar-refractivity contribution is 14.1. The molecular weight excluding hydrogens is 480 g/mol. The first-order valence-corrected chi connectivity index (χ1v) is 7.88. The van der Waals surface area contributed by atoms with Crippen LogP contribution in [0.25, 0.3) is 0 Å². The zero-order chi connectivity index (χ0) is 13.7. The lowest BCUT2D eigenvalue weighted by atomic mass is 10.2. The van der Waals surface area contributed by atoms with E-state index in [0.29, 0.717) is 10.9 Å². The minimum atomic E-state index is -1.04. The molecule has 0 heterocycles. The summed E-state index contributed by atoms with van der Waals surface area (Å²) >= 11 is 5.32. The Balaban J connectivity index is 3.39. The van der Waals surface area contributed by atoms with E-state index < -0.39 is 5.97 Å². The van der Waals surface area contributed by atoms with Gasteiger partial charge >= 0.3 is 5.97 Å². The molecule has 1 aromatic rings. The lowest BCUT2D eigenvalue weighted by Crippen LogP contribution is -2.13. The summed E-state index contributed by atoms with van der Waals surface area (Å²) in [6.45, 7) is 0. The maximum atomic E-state index is 11.2. The van der Waals surface area contributed by atoms with E-state index in [1.807, 2.05) is 28.7 Å². The summed E-state index contributed by atoms with van der Waals surface area (Å²) in [7, 11) is 0. The third kappa shape index (κ3) is 3.99. The van der Waals surface area contributed by atoms with Crippen molar-refractivity contribution in [3.63, 3.8) is 0 Å². The molecule has 0 aliphatic heterocycles. The van der Waals surface area contributed by atoms with Crippen LogP contribution in [0.2, 0.25) is 0 Å². The van der Waals surface area contributed by atoms with Crippen LogP contribution >= 0.6 is 56.9 Å². The summed E-state index contributed by atoms with van der Waals surface area (Å²) in [5, 5.41) is 20.5. The van der Waals surface area contributed by atoms with Gasteiger partial charge in [0.1, 0.15) is 0 Å². The summed E-state index contributed by atoms with van der Waals surface area (Å²) in [6.07, 6.45) is 3.52. The van der Waals surface area contributed by atoms with Crippen molar-refractivity contribution >= 4 is 73.8 Å². The molecule has 0 atom stereocenters. The van der Waals surface area contributed by atoms with Gasteiger partial charge in [0.2, 0.25) is 0 Å². The van der Waals surface area contributed by atoms with Crippen molar-refractivity contribution in [2.75, 3.05) is 6.26 Å². The van der Waals surface area contributed by atoms with E-state index in [9.17, 15) is 4.79 Å². The molecule has 0 saturated heterocycles. The number of nitrogens with zero attached hydrogens (tertiary/aromatic N) is 2. The zero-order valence-electron chi connectivity index (χ0n) is 9.07. The summed E-state index contributed by atoms with van der Waals surface area (Å²) in [5.74, 6) is -1.04. The van der Waals surface area contributed by atoms with E-state index in [2.05, 4.69) is 32.9 Å². The predicted molar refractivity (Wildman–Crippen MR) is 88.2 cm³/mol. The largest absolute Gasteiger partial charge is 0.478 e. The number of thioether (sulfide) groups is 1. The lowest BCUT2D eigenvalue weighted by Gasteiger charge is -2.07. The van der Waals surface area contributed by atoms with Gasteiger partial charge in [-0.15, -0.1) is 0 Å². The summed E-state index contributed by atoms with van der Waals surface area (Å²) < 4.78 is 1.55. The van der Waals surface area contributed by atoms with Gasteiger partial charge < -0.3 is 5.11 Å². The third-order valence-electron chi connectivity index (χ3n) is 1.83. The number of hydrogen-bond donors (Lipinski definition) is 2. The summed E-state index contributed by atoms with van der Waals surface area (Å²) in [6, 6.07) is 3.38. The number of carboxylic acids is 1. The minimum Gasteiger partial charge on any atom is -0.478 e. The van der Waals surface area contributed by atoms with E-state index in [1.165, 1.54) is 11.8 Å². The molecule has 0 saturated carbocycles. The number of amidine groups is 1. The molecule has 2 N–H and O–H groups in total. The predicted octanol–water partition coefficient (Wildman–Crippen LogP) is 3.02. The van der Waals surface area contributed by atoms with Crippen LogP contribution in [0.15, 0.2) is 17.1 Å². The van der Waals surface area contributed by atoms with Crippen LogP contribution in [-0.2, 0) is 0 Å². The fourth-order valence-corrected chi connectivity index (χ4v) is 3.41. The Labute approximate surface area is 135 Å². The first-order valence-electron chi connectivity index (χ1n) is 4.49. The second-order valence-corrected chi connectivity index (χ2v) is 6.15.